The van der Waals surface area contributed by atoms with Gasteiger partial charge in [-0.15, -0.1) is 0 Å². The van der Waals surface area contributed by atoms with Crippen LogP contribution in [0.1, 0.15) is 23.3 Å². The minimum absolute atomic E-state index is 0.0200. The number of pyridine rings is 1. The lowest BCUT2D eigenvalue weighted by Gasteiger charge is -2.31. The van der Waals surface area contributed by atoms with E-state index in [1.54, 1.807) is 23.4 Å². The number of hydrogen-bond donors (Lipinski definition) is 3. The second-order valence-electron chi connectivity index (χ2n) is 6.75. The second kappa shape index (κ2) is 7.85. The Morgan fingerprint density at radius 3 is 2.70 bits per heavy atom. The molecular formula is C18H22N6O3. The molecular weight excluding hydrogens is 348 g/mol. The minimum atomic E-state index is -0.117. The molecule has 2 aliphatic rings. The fourth-order valence-electron chi connectivity index (χ4n) is 3.39. The normalized spacial score (nSPS) is 20.6. The predicted molar refractivity (Wildman–Crippen MR) is 96.3 cm³/mol. The fourth-order valence-corrected chi connectivity index (χ4v) is 3.39. The van der Waals surface area contributed by atoms with Gasteiger partial charge in [-0.05, 0) is 31.0 Å². The summed E-state index contributed by atoms with van der Waals surface area (Å²) in [7, 11) is 0. The highest BCUT2D eigenvalue weighted by Gasteiger charge is 2.30. The van der Waals surface area contributed by atoms with E-state index in [1.165, 1.54) is 0 Å². The summed E-state index contributed by atoms with van der Waals surface area (Å²) in [6.07, 6.45) is 4.56. The van der Waals surface area contributed by atoms with E-state index in [2.05, 4.69) is 25.8 Å². The van der Waals surface area contributed by atoms with Crippen molar-refractivity contribution in [2.24, 2.45) is 5.92 Å². The van der Waals surface area contributed by atoms with Crippen LogP contribution in [0.4, 0.5) is 0 Å². The second-order valence-corrected chi connectivity index (χ2v) is 6.75. The van der Waals surface area contributed by atoms with Gasteiger partial charge >= 0.3 is 0 Å². The molecule has 9 heteroatoms. The van der Waals surface area contributed by atoms with Gasteiger partial charge in [-0.3, -0.25) is 25.0 Å². The number of carbonyl (C=O) groups is 2. The average molecular weight is 370 g/mol. The van der Waals surface area contributed by atoms with Crippen LogP contribution in [0.5, 0.6) is 0 Å². The molecule has 0 aromatic carbocycles. The van der Waals surface area contributed by atoms with E-state index in [-0.39, 0.29) is 23.9 Å². The number of H-pyrrole nitrogens is 1. The first-order valence-corrected chi connectivity index (χ1v) is 9.07. The molecule has 0 aliphatic carbocycles. The highest BCUT2D eigenvalue weighted by Crippen LogP contribution is 2.21. The Morgan fingerprint density at radius 1 is 1.22 bits per heavy atom. The summed E-state index contributed by atoms with van der Waals surface area (Å²) in [4.78, 5) is 30.8. The lowest BCUT2D eigenvalue weighted by Crippen LogP contribution is -2.48. The number of amides is 2. The molecule has 0 spiro atoms. The molecule has 0 saturated carbocycles. The lowest BCUT2D eigenvalue weighted by atomic mass is 9.95. The first kappa shape index (κ1) is 17.6. The summed E-state index contributed by atoms with van der Waals surface area (Å²) in [6.45, 7) is 2.05. The number of rotatable bonds is 4. The molecule has 2 aromatic heterocycles. The fraction of sp³-hybridized carbons (Fsp3) is 0.444. The van der Waals surface area contributed by atoms with Crippen LogP contribution in [0, 0.1) is 5.92 Å². The van der Waals surface area contributed by atoms with E-state index < -0.39 is 0 Å². The van der Waals surface area contributed by atoms with Crippen molar-refractivity contribution in [2.45, 2.75) is 19.0 Å². The molecule has 3 N–H and O–H groups in total. The van der Waals surface area contributed by atoms with Crippen LogP contribution >= 0.6 is 0 Å². The Labute approximate surface area is 156 Å². The molecule has 1 atom stereocenters. The molecule has 2 saturated heterocycles. The van der Waals surface area contributed by atoms with Crippen molar-refractivity contribution in [1.29, 1.82) is 0 Å². The average Bonchev–Trinajstić information content (AvgIpc) is 3.40. The van der Waals surface area contributed by atoms with E-state index in [1.807, 2.05) is 12.1 Å². The third kappa shape index (κ3) is 3.99. The molecule has 2 aromatic rings. The van der Waals surface area contributed by atoms with Gasteiger partial charge in [0.15, 0.2) is 0 Å². The maximum atomic E-state index is 12.7. The van der Waals surface area contributed by atoms with Crippen LogP contribution in [-0.4, -0.2) is 64.5 Å². The Hall–Kier alpha value is -2.78. The van der Waals surface area contributed by atoms with Gasteiger partial charge in [0, 0.05) is 37.0 Å². The van der Waals surface area contributed by atoms with Crippen molar-refractivity contribution >= 4 is 11.8 Å². The summed E-state index contributed by atoms with van der Waals surface area (Å²) in [5, 5.41) is 13.0. The van der Waals surface area contributed by atoms with Crippen molar-refractivity contribution in [3.63, 3.8) is 0 Å². The molecule has 27 heavy (non-hydrogen) atoms. The van der Waals surface area contributed by atoms with Crippen molar-refractivity contribution in [2.75, 3.05) is 26.4 Å². The van der Waals surface area contributed by atoms with Crippen molar-refractivity contribution in [3.05, 3.63) is 36.3 Å². The van der Waals surface area contributed by atoms with Crippen LogP contribution in [-0.2, 0) is 9.53 Å². The Kier molecular flexibility index (Phi) is 5.12. The highest BCUT2D eigenvalue weighted by molar-refractivity contribution is 5.93. The van der Waals surface area contributed by atoms with Gasteiger partial charge in [-0.1, -0.05) is 0 Å². The van der Waals surface area contributed by atoms with Crippen LogP contribution in [0.3, 0.4) is 0 Å². The number of nitrogens with one attached hydrogen (secondary N) is 3. The molecule has 2 amide bonds. The maximum Gasteiger partial charge on any atom is 0.271 e. The molecule has 142 valence electrons. The van der Waals surface area contributed by atoms with Crippen molar-refractivity contribution < 1.29 is 14.3 Å². The van der Waals surface area contributed by atoms with Crippen molar-refractivity contribution in [3.8, 4) is 11.3 Å². The summed E-state index contributed by atoms with van der Waals surface area (Å²) in [5.41, 5.74) is 2.07. The number of likely N-dealkylation sites (tertiary alicyclic amines) is 1. The summed E-state index contributed by atoms with van der Waals surface area (Å²) < 4.78 is 5.19. The van der Waals surface area contributed by atoms with E-state index >= 15 is 0 Å². The Morgan fingerprint density at radius 2 is 2.00 bits per heavy atom. The van der Waals surface area contributed by atoms with E-state index in [0.29, 0.717) is 50.7 Å². The largest absolute Gasteiger partial charge is 0.363 e. The summed E-state index contributed by atoms with van der Waals surface area (Å²) in [5.74, 6) is -0.148. The van der Waals surface area contributed by atoms with Crippen LogP contribution in [0.2, 0.25) is 0 Å². The molecule has 2 fully saturated rings. The van der Waals surface area contributed by atoms with E-state index in [9.17, 15) is 9.59 Å². The third-order valence-corrected chi connectivity index (χ3v) is 4.97. The smallest absolute Gasteiger partial charge is 0.271 e. The van der Waals surface area contributed by atoms with Gasteiger partial charge in [0.2, 0.25) is 5.91 Å². The molecule has 1 unspecified atom stereocenters. The number of aromatic nitrogens is 3. The number of hydrogen-bond acceptors (Lipinski definition) is 6. The lowest BCUT2D eigenvalue weighted by molar-refractivity contribution is -0.127. The molecule has 4 heterocycles. The third-order valence-electron chi connectivity index (χ3n) is 4.97. The highest BCUT2D eigenvalue weighted by atomic mass is 16.5. The van der Waals surface area contributed by atoms with Crippen LogP contribution < -0.4 is 10.6 Å². The summed E-state index contributed by atoms with van der Waals surface area (Å²) >= 11 is 0. The van der Waals surface area contributed by atoms with Crippen LogP contribution in [0.25, 0.3) is 11.3 Å². The summed E-state index contributed by atoms with van der Waals surface area (Å²) in [6, 6.07) is 5.44. The minimum Gasteiger partial charge on any atom is -0.363 e. The van der Waals surface area contributed by atoms with Gasteiger partial charge in [0.1, 0.15) is 11.9 Å². The first-order valence-electron chi connectivity index (χ1n) is 9.07. The SMILES string of the molecule is O=C(NC1COCN1)C1CCN(C(=O)c2cc(-c3ccncc3)n[nH]2)CC1. The quantitative estimate of drug-likeness (QED) is 0.716. The molecule has 0 radical (unpaired) electrons. The number of aromatic amines is 1. The van der Waals surface area contributed by atoms with Crippen LogP contribution in [0.15, 0.2) is 30.6 Å². The molecule has 2 aliphatic heterocycles. The predicted octanol–water partition coefficient (Wildman–Crippen LogP) is 0.344. The zero-order valence-corrected chi connectivity index (χ0v) is 14.9. The topological polar surface area (TPSA) is 112 Å². The monoisotopic (exact) mass is 370 g/mol. The number of carbonyl (C=O) groups excluding carboxylic acids is 2. The molecule has 9 nitrogen and oxygen atoms in total. The molecule has 4 rings (SSSR count). The Bertz CT molecular complexity index is 794. The van der Waals surface area contributed by atoms with Gasteiger partial charge in [-0.25, -0.2) is 0 Å². The van der Waals surface area contributed by atoms with Gasteiger partial charge in [0.05, 0.1) is 19.0 Å². The standard InChI is InChI=1S/C18H22N6O3/c25-17(21-16-10-27-11-20-16)13-3-7-24(8-4-13)18(26)15-9-14(22-23-15)12-1-5-19-6-2-12/h1-2,5-6,9,13,16,20H,3-4,7-8,10-11H2,(H,21,25)(H,22,23). The van der Waals surface area contributed by atoms with E-state index in [4.69, 9.17) is 4.74 Å². The number of ether oxygens (including phenoxy) is 1. The van der Waals surface area contributed by atoms with Gasteiger partial charge in [-0.2, -0.15) is 5.10 Å². The zero-order chi connectivity index (χ0) is 18.6. The van der Waals surface area contributed by atoms with Gasteiger partial charge in [0.25, 0.3) is 5.91 Å². The van der Waals surface area contributed by atoms with E-state index in [0.717, 1.165) is 5.56 Å². The van der Waals surface area contributed by atoms with Gasteiger partial charge < -0.3 is 15.0 Å². The molecule has 0 bridgehead atoms. The Balaban J connectivity index is 1.32. The number of piperidine rings is 1. The maximum absolute atomic E-state index is 12.7. The number of nitrogens with zero attached hydrogens (tertiary/aromatic N) is 3. The first-order chi connectivity index (χ1) is 13.2. The van der Waals surface area contributed by atoms with Crippen molar-refractivity contribution in [1.82, 2.24) is 30.7 Å². The zero-order valence-electron chi connectivity index (χ0n) is 14.9.